The molecule has 0 spiro atoms. The molecular formula is C20H17BrClN3O2S. The maximum Gasteiger partial charge on any atom is 0.257 e. The van der Waals surface area contributed by atoms with Crippen LogP contribution in [0.5, 0.6) is 0 Å². The molecule has 0 radical (unpaired) electrons. The molecule has 0 saturated heterocycles. The number of benzene rings is 2. The molecule has 0 aliphatic heterocycles. The first-order chi connectivity index (χ1) is 13.4. The number of hydrogen-bond donors (Lipinski definition) is 2. The van der Waals surface area contributed by atoms with E-state index < -0.39 is 0 Å². The number of rotatable bonds is 6. The second kappa shape index (κ2) is 9.32. The van der Waals surface area contributed by atoms with Crippen molar-refractivity contribution < 1.29 is 9.59 Å². The van der Waals surface area contributed by atoms with Gasteiger partial charge in [-0.25, -0.2) is 4.98 Å². The van der Waals surface area contributed by atoms with Gasteiger partial charge in [0, 0.05) is 32.5 Å². The van der Waals surface area contributed by atoms with Crippen molar-refractivity contribution >= 4 is 61.5 Å². The van der Waals surface area contributed by atoms with Crippen molar-refractivity contribution in [1.82, 2.24) is 4.98 Å². The Balaban J connectivity index is 1.52. The topological polar surface area (TPSA) is 71.1 Å². The Labute approximate surface area is 180 Å². The summed E-state index contributed by atoms with van der Waals surface area (Å²) in [6.07, 6.45) is 0.804. The largest absolute Gasteiger partial charge is 0.326 e. The molecule has 28 heavy (non-hydrogen) atoms. The zero-order chi connectivity index (χ0) is 20.1. The van der Waals surface area contributed by atoms with Crippen molar-refractivity contribution in [1.29, 1.82) is 0 Å². The second-order valence-corrected chi connectivity index (χ2v) is 8.32. The van der Waals surface area contributed by atoms with Crippen LogP contribution in [0.15, 0.2) is 52.3 Å². The Kier molecular flexibility index (Phi) is 6.83. The summed E-state index contributed by atoms with van der Waals surface area (Å²) < 4.78 is 0.971. The monoisotopic (exact) mass is 477 g/mol. The Morgan fingerprint density at radius 3 is 2.61 bits per heavy atom. The van der Waals surface area contributed by atoms with Crippen LogP contribution in [0.2, 0.25) is 5.02 Å². The van der Waals surface area contributed by atoms with E-state index in [0.29, 0.717) is 28.6 Å². The number of carbonyl (C=O) groups is 2. The molecule has 3 rings (SSSR count). The summed E-state index contributed by atoms with van der Waals surface area (Å²) in [5.74, 6) is -0.328. The van der Waals surface area contributed by atoms with Gasteiger partial charge >= 0.3 is 0 Å². The first kappa shape index (κ1) is 20.5. The molecule has 3 aromatic rings. The van der Waals surface area contributed by atoms with Crippen LogP contribution in [0.1, 0.15) is 28.0 Å². The van der Waals surface area contributed by atoms with Crippen LogP contribution < -0.4 is 10.6 Å². The number of hydrogen-bond acceptors (Lipinski definition) is 4. The molecule has 0 bridgehead atoms. The lowest BCUT2D eigenvalue weighted by Gasteiger charge is -2.08. The smallest absolute Gasteiger partial charge is 0.257 e. The fourth-order valence-corrected chi connectivity index (χ4v) is 3.81. The van der Waals surface area contributed by atoms with Gasteiger partial charge in [-0.1, -0.05) is 27.5 Å². The molecule has 5 nitrogen and oxygen atoms in total. The Bertz CT molecular complexity index is 1000. The summed E-state index contributed by atoms with van der Waals surface area (Å²) in [4.78, 5) is 28.8. The van der Waals surface area contributed by atoms with Crippen molar-refractivity contribution in [2.45, 2.75) is 19.8 Å². The highest BCUT2D eigenvalue weighted by Crippen LogP contribution is 2.21. The Morgan fingerprint density at radius 1 is 1.14 bits per heavy atom. The Hall–Kier alpha value is -2.22. The van der Waals surface area contributed by atoms with Crippen LogP contribution in [0.25, 0.3) is 0 Å². The maximum absolute atomic E-state index is 12.2. The van der Waals surface area contributed by atoms with Gasteiger partial charge in [0.1, 0.15) is 0 Å². The van der Waals surface area contributed by atoms with Gasteiger partial charge in [0.25, 0.3) is 5.91 Å². The van der Waals surface area contributed by atoms with Gasteiger partial charge in [0.2, 0.25) is 5.91 Å². The molecule has 0 fully saturated rings. The lowest BCUT2D eigenvalue weighted by molar-refractivity contribution is -0.116. The first-order valence-electron chi connectivity index (χ1n) is 8.48. The van der Waals surface area contributed by atoms with E-state index in [4.69, 9.17) is 11.6 Å². The van der Waals surface area contributed by atoms with Crippen LogP contribution >= 0.6 is 38.9 Å². The second-order valence-electron chi connectivity index (χ2n) is 6.11. The molecule has 2 aromatic carbocycles. The molecule has 0 aliphatic rings. The number of aryl methyl sites for hydroxylation is 2. The average molecular weight is 479 g/mol. The molecule has 2 amide bonds. The molecule has 8 heteroatoms. The molecule has 1 heterocycles. The van der Waals surface area contributed by atoms with E-state index >= 15 is 0 Å². The van der Waals surface area contributed by atoms with E-state index in [1.54, 1.807) is 24.3 Å². The maximum atomic E-state index is 12.2. The quantitative estimate of drug-likeness (QED) is 0.478. The molecule has 1 aromatic heterocycles. The SMILES string of the molecule is Cc1cc(Br)ccc1NC(=O)CCc1csc(NC(=O)c2ccc(Cl)cc2)n1. The fourth-order valence-electron chi connectivity index (χ4n) is 2.47. The standard InChI is InChI=1S/C20H17BrClN3O2S/c1-12-10-14(21)4-8-17(12)24-18(26)9-7-16-11-28-20(23-16)25-19(27)13-2-5-15(22)6-3-13/h2-6,8,10-11H,7,9H2,1H3,(H,24,26)(H,23,25,27). The molecule has 0 unspecified atom stereocenters. The molecule has 144 valence electrons. The van der Waals surface area contributed by atoms with E-state index in [-0.39, 0.29) is 11.8 Å². The van der Waals surface area contributed by atoms with Crippen LogP contribution in [-0.4, -0.2) is 16.8 Å². The van der Waals surface area contributed by atoms with Crippen LogP contribution in [-0.2, 0) is 11.2 Å². The van der Waals surface area contributed by atoms with Crippen LogP contribution in [0.4, 0.5) is 10.8 Å². The van der Waals surface area contributed by atoms with Crippen LogP contribution in [0.3, 0.4) is 0 Å². The third-order valence-electron chi connectivity index (χ3n) is 3.95. The van der Waals surface area contributed by atoms with Gasteiger partial charge in [0.15, 0.2) is 5.13 Å². The number of nitrogens with zero attached hydrogens (tertiary/aromatic N) is 1. The number of amides is 2. The summed E-state index contributed by atoms with van der Waals surface area (Å²) in [7, 11) is 0. The highest BCUT2D eigenvalue weighted by molar-refractivity contribution is 9.10. The number of anilines is 2. The van der Waals surface area contributed by atoms with E-state index in [2.05, 4.69) is 31.5 Å². The first-order valence-corrected chi connectivity index (χ1v) is 10.5. The van der Waals surface area contributed by atoms with Gasteiger partial charge in [-0.05, 0) is 61.4 Å². The summed E-state index contributed by atoms with van der Waals surface area (Å²) in [5, 5.41) is 8.58. The number of carbonyl (C=O) groups excluding carboxylic acids is 2. The number of aromatic nitrogens is 1. The van der Waals surface area contributed by atoms with Crippen molar-refractivity contribution in [2.24, 2.45) is 0 Å². The van der Waals surface area contributed by atoms with E-state index in [0.717, 1.165) is 21.4 Å². The third kappa shape index (κ3) is 5.64. The highest BCUT2D eigenvalue weighted by Gasteiger charge is 2.11. The minimum atomic E-state index is -0.249. The predicted molar refractivity (Wildman–Crippen MR) is 117 cm³/mol. The minimum absolute atomic E-state index is 0.0785. The van der Waals surface area contributed by atoms with Crippen molar-refractivity contribution in [2.75, 3.05) is 10.6 Å². The van der Waals surface area contributed by atoms with Crippen molar-refractivity contribution in [3.05, 3.63) is 74.2 Å². The number of halogens is 2. The zero-order valence-electron chi connectivity index (χ0n) is 15.0. The number of nitrogens with one attached hydrogen (secondary N) is 2. The van der Waals surface area contributed by atoms with Gasteiger partial charge in [-0.15, -0.1) is 11.3 Å². The van der Waals surface area contributed by atoms with Crippen LogP contribution in [0, 0.1) is 6.92 Å². The minimum Gasteiger partial charge on any atom is -0.326 e. The molecule has 0 atom stereocenters. The van der Waals surface area contributed by atoms with Crippen molar-refractivity contribution in [3.63, 3.8) is 0 Å². The normalized spacial score (nSPS) is 10.5. The lowest BCUT2D eigenvalue weighted by atomic mass is 10.2. The van der Waals surface area contributed by atoms with Gasteiger partial charge in [-0.2, -0.15) is 0 Å². The number of thiazole rings is 1. The van der Waals surface area contributed by atoms with Gasteiger partial charge in [-0.3, -0.25) is 14.9 Å². The average Bonchev–Trinajstić information content (AvgIpc) is 3.10. The zero-order valence-corrected chi connectivity index (χ0v) is 18.1. The molecule has 0 saturated carbocycles. The summed E-state index contributed by atoms with van der Waals surface area (Å²) in [5.41, 5.74) is 3.05. The van der Waals surface area contributed by atoms with E-state index in [9.17, 15) is 9.59 Å². The molecule has 0 aliphatic carbocycles. The summed E-state index contributed by atoms with van der Waals surface area (Å²) >= 11 is 10.6. The predicted octanol–water partition coefficient (Wildman–Crippen LogP) is 5.69. The summed E-state index contributed by atoms with van der Waals surface area (Å²) in [6.45, 7) is 1.94. The third-order valence-corrected chi connectivity index (χ3v) is 5.50. The van der Waals surface area contributed by atoms with Crippen molar-refractivity contribution in [3.8, 4) is 0 Å². The lowest BCUT2D eigenvalue weighted by Crippen LogP contribution is -2.13. The fraction of sp³-hybridized carbons (Fsp3) is 0.150. The Morgan fingerprint density at radius 2 is 1.89 bits per heavy atom. The van der Waals surface area contributed by atoms with E-state index in [1.807, 2.05) is 30.5 Å². The molecular weight excluding hydrogens is 462 g/mol. The summed E-state index contributed by atoms with van der Waals surface area (Å²) in [6, 6.07) is 12.3. The van der Waals surface area contributed by atoms with Gasteiger partial charge in [0.05, 0.1) is 5.69 Å². The highest BCUT2D eigenvalue weighted by atomic mass is 79.9. The van der Waals surface area contributed by atoms with Gasteiger partial charge < -0.3 is 5.32 Å². The molecule has 2 N–H and O–H groups in total. The van der Waals surface area contributed by atoms with E-state index in [1.165, 1.54) is 11.3 Å².